The number of benzene rings is 1. The number of nitrogens with two attached hydrogens (primary N) is 1. The van der Waals surface area contributed by atoms with Crippen molar-refractivity contribution < 1.29 is 19.4 Å². The Kier molecular flexibility index (Phi) is 5.00. The Balaban J connectivity index is 3.41. The molecular formula is C15H23NO4. The van der Waals surface area contributed by atoms with Gasteiger partial charge < -0.3 is 20.3 Å². The highest BCUT2D eigenvalue weighted by molar-refractivity contribution is 5.68. The van der Waals surface area contributed by atoms with E-state index in [2.05, 4.69) is 20.8 Å². The number of ether oxygens (including phenoxy) is 2. The van der Waals surface area contributed by atoms with Crippen molar-refractivity contribution in [2.75, 3.05) is 14.2 Å². The molecule has 1 aromatic rings. The molecule has 0 fully saturated rings. The number of hydrogen-bond acceptors (Lipinski definition) is 4. The lowest BCUT2D eigenvalue weighted by Crippen LogP contribution is -2.19. The summed E-state index contributed by atoms with van der Waals surface area (Å²) in [5, 5.41) is 8.91. The van der Waals surface area contributed by atoms with Crippen LogP contribution in [-0.4, -0.2) is 25.3 Å². The summed E-state index contributed by atoms with van der Waals surface area (Å²) in [7, 11) is 3.07. The van der Waals surface area contributed by atoms with Gasteiger partial charge in [0.25, 0.3) is 0 Å². The summed E-state index contributed by atoms with van der Waals surface area (Å²) in [6, 6.07) is 3.16. The van der Waals surface area contributed by atoms with E-state index in [1.165, 1.54) is 7.11 Å². The fourth-order valence-corrected chi connectivity index (χ4v) is 2.00. The van der Waals surface area contributed by atoms with Crippen molar-refractivity contribution in [2.45, 2.75) is 38.6 Å². The molecule has 3 N–H and O–H groups in total. The van der Waals surface area contributed by atoms with Gasteiger partial charge in [-0.15, -0.1) is 0 Å². The molecule has 20 heavy (non-hydrogen) atoms. The number of carboxylic acid groups (broad SMARTS) is 1. The van der Waals surface area contributed by atoms with E-state index in [9.17, 15) is 4.79 Å². The van der Waals surface area contributed by atoms with Gasteiger partial charge in [0.15, 0.2) is 11.5 Å². The second-order valence-electron chi connectivity index (χ2n) is 5.76. The third kappa shape index (κ3) is 3.63. The predicted molar refractivity (Wildman–Crippen MR) is 77.4 cm³/mol. The molecule has 0 aliphatic carbocycles. The lowest BCUT2D eigenvalue weighted by molar-refractivity contribution is -0.137. The standard InChI is InChI=1S/C15H23NO4/c1-15(2,3)9-6-10(11(16)8-13(17)18)14(20-5)12(7-9)19-4/h6-7,11H,8,16H2,1-5H3,(H,17,18). The Morgan fingerprint density at radius 2 is 1.90 bits per heavy atom. The fourth-order valence-electron chi connectivity index (χ4n) is 2.00. The molecule has 0 radical (unpaired) electrons. The fraction of sp³-hybridized carbons (Fsp3) is 0.533. The Hall–Kier alpha value is -1.75. The van der Waals surface area contributed by atoms with E-state index in [0.29, 0.717) is 17.1 Å². The minimum absolute atomic E-state index is 0.1000. The van der Waals surface area contributed by atoms with Crippen LogP contribution in [-0.2, 0) is 10.2 Å². The summed E-state index contributed by atoms with van der Waals surface area (Å²) >= 11 is 0. The third-order valence-corrected chi connectivity index (χ3v) is 3.17. The van der Waals surface area contributed by atoms with Gasteiger partial charge in [-0.1, -0.05) is 20.8 Å². The van der Waals surface area contributed by atoms with E-state index in [4.69, 9.17) is 20.3 Å². The van der Waals surface area contributed by atoms with Gasteiger partial charge in [-0.3, -0.25) is 4.79 Å². The van der Waals surface area contributed by atoms with E-state index in [1.807, 2.05) is 12.1 Å². The number of aliphatic carboxylic acids is 1. The largest absolute Gasteiger partial charge is 0.493 e. The summed E-state index contributed by atoms with van der Waals surface area (Å²) in [6.45, 7) is 6.21. The summed E-state index contributed by atoms with van der Waals surface area (Å²) in [5.41, 5.74) is 7.56. The molecule has 0 saturated heterocycles. The van der Waals surface area contributed by atoms with Crippen LogP contribution < -0.4 is 15.2 Å². The van der Waals surface area contributed by atoms with Crippen LogP contribution in [0, 0.1) is 0 Å². The number of carboxylic acids is 1. The first-order valence-electron chi connectivity index (χ1n) is 6.44. The predicted octanol–water partition coefficient (Wildman–Crippen LogP) is 2.48. The number of rotatable bonds is 5. The highest BCUT2D eigenvalue weighted by Crippen LogP contribution is 2.39. The smallest absolute Gasteiger partial charge is 0.305 e. The number of hydrogen-bond donors (Lipinski definition) is 2. The number of methoxy groups -OCH3 is 2. The first kappa shape index (κ1) is 16.3. The van der Waals surface area contributed by atoms with E-state index >= 15 is 0 Å². The highest BCUT2D eigenvalue weighted by atomic mass is 16.5. The lowest BCUT2D eigenvalue weighted by Gasteiger charge is -2.24. The molecule has 5 heteroatoms. The average Bonchev–Trinajstić information content (AvgIpc) is 2.34. The Morgan fingerprint density at radius 1 is 1.30 bits per heavy atom. The van der Waals surface area contributed by atoms with Gasteiger partial charge in [-0.2, -0.15) is 0 Å². The Labute approximate surface area is 119 Å². The molecule has 0 bridgehead atoms. The van der Waals surface area contributed by atoms with E-state index < -0.39 is 12.0 Å². The van der Waals surface area contributed by atoms with Crippen molar-refractivity contribution in [1.29, 1.82) is 0 Å². The molecule has 0 heterocycles. The van der Waals surface area contributed by atoms with Gasteiger partial charge >= 0.3 is 5.97 Å². The first-order valence-corrected chi connectivity index (χ1v) is 6.44. The molecule has 1 rings (SSSR count). The maximum atomic E-state index is 10.9. The van der Waals surface area contributed by atoms with E-state index in [-0.39, 0.29) is 11.8 Å². The Morgan fingerprint density at radius 3 is 2.30 bits per heavy atom. The highest BCUT2D eigenvalue weighted by Gasteiger charge is 2.23. The van der Waals surface area contributed by atoms with Crippen LogP contribution in [0.4, 0.5) is 0 Å². The molecule has 0 spiro atoms. The number of carbonyl (C=O) groups is 1. The van der Waals surface area contributed by atoms with Gasteiger partial charge in [-0.05, 0) is 23.1 Å². The van der Waals surface area contributed by atoms with Crippen LogP contribution >= 0.6 is 0 Å². The van der Waals surface area contributed by atoms with E-state index in [1.54, 1.807) is 7.11 Å². The summed E-state index contributed by atoms with van der Waals surface area (Å²) < 4.78 is 10.7. The van der Waals surface area contributed by atoms with Crippen LogP contribution in [0.2, 0.25) is 0 Å². The zero-order valence-electron chi connectivity index (χ0n) is 12.7. The molecule has 0 amide bonds. The zero-order chi connectivity index (χ0) is 15.5. The van der Waals surface area contributed by atoms with Gasteiger partial charge in [0.1, 0.15) is 0 Å². The zero-order valence-corrected chi connectivity index (χ0v) is 12.7. The average molecular weight is 281 g/mol. The van der Waals surface area contributed by atoms with Gasteiger partial charge in [0.2, 0.25) is 0 Å². The van der Waals surface area contributed by atoms with Gasteiger partial charge in [0.05, 0.1) is 20.6 Å². The summed E-state index contributed by atoms with van der Waals surface area (Å²) in [6.07, 6.45) is -0.160. The lowest BCUT2D eigenvalue weighted by atomic mass is 9.84. The van der Waals surface area contributed by atoms with Crippen LogP contribution in [0.25, 0.3) is 0 Å². The minimum atomic E-state index is -0.945. The second kappa shape index (κ2) is 6.13. The molecule has 0 aliphatic rings. The molecule has 1 atom stereocenters. The summed E-state index contributed by atoms with van der Waals surface area (Å²) in [5.74, 6) is 0.115. The topological polar surface area (TPSA) is 81.8 Å². The maximum absolute atomic E-state index is 10.9. The molecule has 1 unspecified atom stereocenters. The van der Waals surface area contributed by atoms with Crippen molar-refractivity contribution in [3.63, 3.8) is 0 Å². The molecule has 0 aromatic heterocycles. The quantitative estimate of drug-likeness (QED) is 0.866. The van der Waals surface area contributed by atoms with Gasteiger partial charge in [-0.25, -0.2) is 0 Å². The second-order valence-corrected chi connectivity index (χ2v) is 5.76. The molecule has 0 aliphatic heterocycles. The van der Waals surface area contributed by atoms with Crippen LogP contribution in [0.5, 0.6) is 11.5 Å². The van der Waals surface area contributed by atoms with Crippen LogP contribution in [0.3, 0.4) is 0 Å². The summed E-state index contributed by atoms with van der Waals surface area (Å²) in [4.78, 5) is 10.9. The van der Waals surface area contributed by atoms with Crippen molar-refractivity contribution in [1.82, 2.24) is 0 Å². The molecule has 0 saturated carbocycles. The Bertz CT molecular complexity index is 491. The monoisotopic (exact) mass is 281 g/mol. The van der Waals surface area contributed by atoms with Crippen molar-refractivity contribution in [3.8, 4) is 11.5 Å². The van der Waals surface area contributed by atoms with Gasteiger partial charge in [0, 0.05) is 11.6 Å². The molecular weight excluding hydrogens is 258 g/mol. The maximum Gasteiger partial charge on any atom is 0.305 e. The third-order valence-electron chi connectivity index (χ3n) is 3.17. The first-order chi connectivity index (χ1) is 9.20. The normalized spacial score (nSPS) is 12.9. The molecule has 5 nitrogen and oxygen atoms in total. The van der Waals surface area contributed by atoms with Crippen molar-refractivity contribution in [3.05, 3.63) is 23.3 Å². The SMILES string of the molecule is COc1cc(C(C)(C)C)cc(C(N)CC(=O)O)c1OC. The van der Waals surface area contributed by atoms with Crippen molar-refractivity contribution in [2.24, 2.45) is 5.73 Å². The van der Waals surface area contributed by atoms with Crippen molar-refractivity contribution >= 4 is 5.97 Å². The van der Waals surface area contributed by atoms with Crippen LogP contribution in [0.1, 0.15) is 44.4 Å². The molecule has 112 valence electrons. The molecule has 1 aromatic carbocycles. The minimum Gasteiger partial charge on any atom is -0.493 e. The van der Waals surface area contributed by atoms with Crippen LogP contribution in [0.15, 0.2) is 12.1 Å². The van der Waals surface area contributed by atoms with E-state index in [0.717, 1.165) is 5.56 Å².